The van der Waals surface area contributed by atoms with Gasteiger partial charge in [0.1, 0.15) is 22.5 Å². The second-order valence-corrected chi connectivity index (χ2v) is 11.1. The van der Waals surface area contributed by atoms with Crippen molar-refractivity contribution in [3.63, 3.8) is 0 Å². The molecule has 4 aromatic rings. The van der Waals surface area contributed by atoms with Crippen LogP contribution in [0.1, 0.15) is 12.8 Å². The summed E-state index contributed by atoms with van der Waals surface area (Å²) in [5, 5.41) is 8.08. The van der Waals surface area contributed by atoms with Crippen LogP contribution < -0.4 is 9.62 Å². The molecule has 192 valence electrons. The van der Waals surface area contributed by atoms with E-state index in [0.29, 0.717) is 5.69 Å². The number of hydrogen-bond donors (Lipinski definition) is 1. The quantitative estimate of drug-likeness (QED) is 0.375. The van der Waals surface area contributed by atoms with Crippen LogP contribution in [-0.2, 0) is 10.0 Å². The molecule has 37 heavy (non-hydrogen) atoms. The highest BCUT2D eigenvalue weighted by atomic mass is 35.5. The Morgan fingerprint density at radius 3 is 2.65 bits per heavy atom. The highest BCUT2D eigenvalue weighted by Gasteiger charge is 2.31. The minimum atomic E-state index is -3.97. The Hall–Kier alpha value is -3.48. The fourth-order valence-electron chi connectivity index (χ4n) is 4.47. The third-order valence-corrected chi connectivity index (χ3v) is 8.33. The first-order valence-corrected chi connectivity index (χ1v) is 13.7. The average molecular weight is 544 g/mol. The Morgan fingerprint density at radius 2 is 1.92 bits per heavy atom. The molecule has 1 saturated heterocycles. The summed E-state index contributed by atoms with van der Waals surface area (Å²) in [5.41, 5.74) is 2.05. The number of sulfonamides is 1. The maximum absolute atomic E-state index is 14.8. The molecule has 13 heteroatoms. The Balaban J connectivity index is 1.25. The average Bonchev–Trinajstić information content (AvgIpc) is 3.37. The van der Waals surface area contributed by atoms with Crippen LogP contribution in [0, 0.1) is 5.82 Å². The zero-order chi connectivity index (χ0) is 25.6. The molecule has 3 aromatic heterocycles. The highest BCUT2D eigenvalue weighted by Crippen LogP contribution is 2.34. The van der Waals surface area contributed by atoms with E-state index in [1.807, 2.05) is 12.3 Å². The Labute approximate surface area is 217 Å². The number of rotatable bonds is 7. The standard InChI is InChI=1S/C24H23ClFN7O3S/c25-23-21(29-37(34,35)19-5-10-36-15-19)4-3-20(26)24(23)33-14-22(28-30-33)16-11-18(13-27-12-16)32-8-6-31(7-9-32)17-1-2-17/h3-5,10-15,17,29H,1-2,6-9H2. The summed E-state index contributed by atoms with van der Waals surface area (Å²) in [5.74, 6) is -0.687. The number of nitrogens with one attached hydrogen (secondary N) is 1. The number of anilines is 2. The van der Waals surface area contributed by atoms with Crippen LogP contribution in [0.4, 0.5) is 15.8 Å². The molecule has 10 nitrogen and oxygen atoms in total. The van der Waals surface area contributed by atoms with Gasteiger partial charge in [-0.2, -0.15) is 0 Å². The van der Waals surface area contributed by atoms with Crippen LogP contribution in [0.5, 0.6) is 0 Å². The van der Waals surface area contributed by atoms with Gasteiger partial charge in [0.15, 0.2) is 5.82 Å². The summed E-state index contributed by atoms with van der Waals surface area (Å²) < 4.78 is 48.4. The molecule has 0 radical (unpaired) electrons. The van der Waals surface area contributed by atoms with Gasteiger partial charge in [-0.3, -0.25) is 14.6 Å². The Bertz CT molecular complexity index is 1530. The Morgan fingerprint density at radius 1 is 1.11 bits per heavy atom. The van der Waals surface area contributed by atoms with Crippen LogP contribution in [0.15, 0.2) is 64.7 Å². The number of halogens is 2. The maximum atomic E-state index is 14.8. The number of hydrogen-bond acceptors (Lipinski definition) is 8. The van der Waals surface area contributed by atoms with Gasteiger partial charge in [0.05, 0.1) is 35.1 Å². The van der Waals surface area contributed by atoms with Crippen molar-refractivity contribution in [1.82, 2.24) is 24.9 Å². The summed E-state index contributed by atoms with van der Waals surface area (Å²) >= 11 is 6.43. The molecular weight excluding hydrogens is 521 g/mol. The third-order valence-electron chi connectivity index (χ3n) is 6.60. The van der Waals surface area contributed by atoms with E-state index in [-0.39, 0.29) is 21.3 Å². The molecule has 1 N–H and O–H groups in total. The molecule has 2 fully saturated rings. The molecule has 2 aliphatic rings. The summed E-state index contributed by atoms with van der Waals surface area (Å²) in [6.07, 6.45) is 9.96. The van der Waals surface area contributed by atoms with E-state index in [9.17, 15) is 12.8 Å². The zero-order valence-corrected chi connectivity index (χ0v) is 21.2. The van der Waals surface area contributed by atoms with Crippen molar-refractivity contribution >= 4 is 33.0 Å². The van der Waals surface area contributed by atoms with Crippen LogP contribution in [-0.4, -0.2) is 65.5 Å². The van der Waals surface area contributed by atoms with Crippen molar-refractivity contribution in [2.45, 2.75) is 23.8 Å². The fourth-order valence-corrected chi connectivity index (χ4v) is 5.81. The van der Waals surface area contributed by atoms with Gasteiger partial charge in [-0.05, 0) is 37.1 Å². The topological polar surface area (TPSA) is 109 Å². The van der Waals surface area contributed by atoms with E-state index in [1.54, 1.807) is 6.20 Å². The molecule has 1 aromatic carbocycles. The first-order chi connectivity index (χ1) is 17.9. The van der Waals surface area contributed by atoms with Crippen LogP contribution in [0.3, 0.4) is 0 Å². The number of furan rings is 1. The van der Waals surface area contributed by atoms with Crippen molar-refractivity contribution < 1.29 is 17.2 Å². The summed E-state index contributed by atoms with van der Waals surface area (Å²) in [4.78, 5) is 9.14. The first kappa shape index (κ1) is 23.9. The molecule has 0 amide bonds. The normalized spacial score (nSPS) is 16.8. The monoisotopic (exact) mass is 543 g/mol. The highest BCUT2D eigenvalue weighted by molar-refractivity contribution is 7.92. The maximum Gasteiger partial charge on any atom is 0.265 e. The predicted octanol–water partition coefficient (Wildman–Crippen LogP) is 3.80. The molecule has 0 spiro atoms. The van der Waals surface area contributed by atoms with Crippen molar-refractivity contribution in [3.8, 4) is 16.9 Å². The van der Waals surface area contributed by atoms with Crippen LogP contribution in [0.25, 0.3) is 16.9 Å². The number of piperazine rings is 1. The summed E-state index contributed by atoms with van der Waals surface area (Å²) in [6.45, 7) is 3.92. The summed E-state index contributed by atoms with van der Waals surface area (Å²) in [6, 6.07) is 6.39. The minimum Gasteiger partial charge on any atom is -0.471 e. The Kier molecular flexibility index (Phi) is 6.09. The molecule has 1 saturated carbocycles. The van der Waals surface area contributed by atoms with Gasteiger partial charge >= 0.3 is 0 Å². The second kappa shape index (κ2) is 9.43. The minimum absolute atomic E-state index is 0.00896. The van der Waals surface area contributed by atoms with Crippen molar-refractivity contribution in [2.24, 2.45) is 0 Å². The lowest BCUT2D eigenvalue weighted by molar-refractivity contribution is 0.248. The van der Waals surface area contributed by atoms with E-state index in [0.717, 1.165) is 55.8 Å². The summed E-state index contributed by atoms with van der Waals surface area (Å²) in [7, 11) is -3.97. The van der Waals surface area contributed by atoms with E-state index >= 15 is 0 Å². The van der Waals surface area contributed by atoms with E-state index < -0.39 is 15.8 Å². The van der Waals surface area contributed by atoms with Crippen molar-refractivity contribution in [3.05, 3.63) is 66.2 Å². The van der Waals surface area contributed by atoms with Gasteiger partial charge < -0.3 is 9.32 Å². The largest absolute Gasteiger partial charge is 0.471 e. The van der Waals surface area contributed by atoms with Gasteiger partial charge in [0, 0.05) is 44.0 Å². The zero-order valence-electron chi connectivity index (χ0n) is 19.6. The first-order valence-electron chi connectivity index (χ1n) is 11.8. The smallest absolute Gasteiger partial charge is 0.265 e. The number of nitrogens with zero attached hydrogens (tertiary/aromatic N) is 6. The van der Waals surface area contributed by atoms with Gasteiger partial charge in [-0.1, -0.05) is 16.8 Å². The molecular formula is C24H23ClFN7O3S. The molecule has 4 heterocycles. The molecule has 0 unspecified atom stereocenters. The molecule has 6 rings (SSSR count). The lowest BCUT2D eigenvalue weighted by atomic mass is 10.2. The SMILES string of the molecule is O=S(=O)(Nc1ccc(F)c(-n2cc(-c3cncc(N4CCN(C5CC5)CC4)c3)nn2)c1Cl)c1ccoc1. The van der Waals surface area contributed by atoms with Gasteiger partial charge in [-0.15, -0.1) is 5.10 Å². The third kappa shape index (κ3) is 4.79. The molecule has 1 aliphatic heterocycles. The molecule has 0 bridgehead atoms. The van der Waals surface area contributed by atoms with Crippen molar-refractivity contribution in [2.75, 3.05) is 35.8 Å². The van der Waals surface area contributed by atoms with E-state index in [2.05, 4.69) is 29.8 Å². The van der Waals surface area contributed by atoms with E-state index in [4.69, 9.17) is 16.0 Å². The lowest BCUT2D eigenvalue weighted by Gasteiger charge is -2.36. The van der Waals surface area contributed by atoms with Crippen molar-refractivity contribution in [1.29, 1.82) is 0 Å². The van der Waals surface area contributed by atoms with Gasteiger partial charge in [0.2, 0.25) is 0 Å². The fraction of sp³-hybridized carbons (Fsp3) is 0.292. The van der Waals surface area contributed by atoms with E-state index in [1.165, 1.54) is 42.1 Å². The van der Waals surface area contributed by atoms with Crippen LogP contribution >= 0.6 is 11.6 Å². The second-order valence-electron chi connectivity index (χ2n) is 9.06. The van der Waals surface area contributed by atoms with Crippen LogP contribution in [0.2, 0.25) is 5.02 Å². The number of aromatic nitrogens is 4. The number of benzene rings is 1. The number of pyridine rings is 1. The molecule has 0 atom stereocenters. The van der Waals surface area contributed by atoms with Gasteiger partial charge in [0.25, 0.3) is 10.0 Å². The molecule has 1 aliphatic carbocycles. The lowest BCUT2D eigenvalue weighted by Crippen LogP contribution is -2.47. The predicted molar refractivity (Wildman–Crippen MR) is 136 cm³/mol. The van der Waals surface area contributed by atoms with Gasteiger partial charge in [-0.25, -0.2) is 17.5 Å².